The van der Waals surface area contributed by atoms with Crippen molar-refractivity contribution in [3.63, 3.8) is 0 Å². The number of carboxylic acid groups (broad SMARTS) is 2. The van der Waals surface area contributed by atoms with Gasteiger partial charge < -0.3 is 20.4 Å². The number of hydrogen-bond donors (Lipinski definition) is 4. The van der Waals surface area contributed by atoms with Gasteiger partial charge in [-0.25, -0.2) is 9.59 Å². The minimum absolute atomic E-state index is 0.0771. The second kappa shape index (κ2) is 10.6. The molecule has 0 amide bonds. The number of hydrogen-bond acceptors (Lipinski definition) is 4. The van der Waals surface area contributed by atoms with E-state index in [0.29, 0.717) is 25.7 Å². The van der Waals surface area contributed by atoms with Crippen molar-refractivity contribution in [1.82, 2.24) is 0 Å². The van der Waals surface area contributed by atoms with Gasteiger partial charge in [-0.2, -0.15) is 0 Å². The van der Waals surface area contributed by atoms with E-state index < -0.39 is 11.9 Å². The number of rotatable bonds is 11. The molecule has 4 N–H and O–H groups in total. The average molecular weight is 386 g/mol. The number of aliphatic hydroxyl groups excluding tert-OH is 2. The molecule has 0 heterocycles. The topological polar surface area (TPSA) is 115 Å². The molecule has 2 aromatic rings. The van der Waals surface area contributed by atoms with E-state index in [1.807, 2.05) is 0 Å². The molecule has 0 radical (unpaired) electrons. The van der Waals surface area contributed by atoms with Crippen molar-refractivity contribution in [3.05, 3.63) is 58.7 Å². The molecule has 0 aliphatic heterocycles. The molecule has 0 aliphatic carbocycles. The number of aliphatic hydroxyl groups is 2. The minimum atomic E-state index is -1.00. The molecule has 0 atom stereocenters. The predicted octanol–water partition coefficient (Wildman–Crippen LogP) is 3.38. The summed E-state index contributed by atoms with van der Waals surface area (Å²) < 4.78 is 0. The number of carboxylic acids is 2. The molecule has 0 fully saturated rings. The summed E-state index contributed by atoms with van der Waals surface area (Å²) in [6.45, 7) is 0.154. The van der Waals surface area contributed by atoms with Gasteiger partial charge in [0.05, 0.1) is 11.1 Å². The molecule has 28 heavy (non-hydrogen) atoms. The number of unbranched alkanes of at least 4 members (excludes halogenated alkanes) is 2. The number of benzene rings is 2. The average Bonchev–Trinajstić information content (AvgIpc) is 2.68. The maximum Gasteiger partial charge on any atom is 0.335 e. The summed E-state index contributed by atoms with van der Waals surface area (Å²) >= 11 is 0. The molecule has 0 spiro atoms. The number of aryl methyl sites for hydroxylation is 2. The second-order valence-electron chi connectivity index (χ2n) is 6.72. The molecule has 0 saturated heterocycles. The zero-order valence-corrected chi connectivity index (χ0v) is 15.7. The Hall–Kier alpha value is -2.70. The Bertz CT molecular complexity index is 758. The molecule has 6 nitrogen and oxygen atoms in total. The summed E-state index contributed by atoms with van der Waals surface area (Å²) in [5.41, 5.74) is 3.87. The van der Waals surface area contributed by atoms with Gasteiger partial charge in [0, 0.05) is 13.2 Å². The van der Waals surface area contributed by atoms with Gasteiger partial charge in [-0.15, -0.1) is 0 Å². The molecule has 0 saturated carbocycles. The van der Waals surface area contributed by atoms with Crippen LogP contribution in [0.3, 0.4) is 0 Å². The van der Waals surface area contributed by atoms with E-state index in [0.717, 1.165) is 35.1 Å². The lowest BCUT2D eigenvalue weighted by atomic mass is 9.89. The standard InChI is InChI=1S/C22H26O6/c23-11-3-1-5-15-13-17(21(25)26)7-9-19(15)20-10-8-18(22(27)28)14-16(20)6-2-4-12-24/h7-10,13-14,23-24H,1-6,11-12H2,(H,25,26)(H,27,28). The Morgan fingerprint density at radius 2 is 1.04 bits per heavy atom. The number of carbonyl (C=O) groups is 2. The van der Waals surface area contributed by atoms with Crippen LogP contribution in [0.15, 0.2) is 36.4 Å². The van der Waals surface area contributed by atoms with E-state index >= 15 is 0 Å². The molecule has 150 valence electrons. The maximum absolute atomic E-state index is 11.4. The molecule has 6 heteroatoms. The second-order valence-corrected chi connectivity index (χ2v) is 6.72. The fraction of sp³-hybridized carbons (Fsp3) is 0.364. The SMILES string of the molecule is O=C(O)c1ccc(-c2ccc(C(=O)O)cc2CCCCO)c(CCCCO)c1. The lowest BCUT2D eigenvalue weighted by Crippen LogP contribution is -2.03. The Kier molecular flexibility index (Phi) is 8.17. The summed E-state index contributed by atoms with van der Waals surface area (Å²) in [7, 11) is 0. The summed E-state index contributed by atoms with van der Waals surface area (Å²) in [5.74, 6) is -2.00. The third-order valence-corrected chi connectivity index (χ3v) is 4.70. The zero-order chi connectivity index (χ0) is 20.5. The molecule has 0 aromatic heterocycles. The van der Waals surface area contributed by atoms with E-state index in [2.05, 4.69) is 0 Å². The van der Waals surface area contributed by atoms with Crippen LogP contribution < -0.4 is 0 Å². The monoisotopic (exact) mass is 386 g/mol. The normalized spacial score (nSPS) is 10.8. The van der Waals surface area contributed by atoms with Crippen LogP contribution in [0.5, 0.6) is 0 Å². The Balaban J connectivity index is 2.50. The number of aromatic carboxylic acids is 2. The van der Waals surface area contributed by atoms with Crippen LogP contribution in [0.4, 0.5) is 0 Å². The molecule has 0 aliphatic rings. The highest BCUT2D eigenvalue weighted by Crippen LogP contribution is 2.31. The van der Waals surface area contributed by atoms with Crippen LogP contribution in [0.25, 0.3) is 11.1 Å². The van der Waals surface area contributed by atoms with Crippen LogP contribution in [-0.4, -0.2) is 45.6 Å². The van der Waals surface area contributed by atoms with Crippen molar-refractivity contribution < 1.29 is 30.0 Å². The van der Waals surface area contributed by atoms with Gasteiger partial charge in [0.15, 0.2) is 0 Å². The highest BCUT2D eigenvalue weighted by molar-refractivity contribution is 5.91. The first-order valence-electron chi connectivity index (χ1n) is 9.42. The van der Waals surface area contributed by atoms with Crippen molar-refractivity contribution in [3.8, 4) is 11.1 Å². The fourth-order valence-corrected chi connectivity index (χ4v) is 3.25. The highest BCUT2D eigenvalue weighted by Gasteiger charge is 2.15. The first-order valence-corrected chi connectivity index (χ1v) is 9.42. The largest absolute Gasteiger partial charge is 0.478 e. The van der Waals surface area contributed by atoms with E-state index in [1.165, 1.54) is 0 Å². The Morgan fingerprint density at radius 3 is 1.36 bits per heavy atom. The smallest absolute Gasteiger partial charge is 0.335 e. The maximum atomic E-state index is 11.4. The van der Waals surface area contributed by atoms with Crippen molar-refractivity contribution in [2.24, 2.45) is 0 Å². The van der Waals surface area contributed by atoms with E-state index in [-0.39, 0.29) is 24.3 Å². The zero-order valence-electron chi connectivity index (χ0n) is 15.7. The third kappa shape index (κ3) is 5.65. The van der Waals surface area contributed by atoms with E-state index in [4.69, 9.17) is 10.2 Å². The van der Waals surface area contributed by atoms with Gasteiger partial charge in [0.1, 0.15) is 0 Å². The van der Waals surface area contributed by atoms with Crippen molar-refractivity contribution in [2.75, 3.05) is 13.2 Å². The van der Waals surface area contributed by atoms with Crippen molar-refractivity contribution in [1.29, 1.82) is 0 Å². The fourth-order valence-electron chi connectivity index (χ4n) is 3.25. The predicted molar refractivity (Wildman–Crippen MR) is 106 cm³/mol. The summed E-state index contributed by atoms with van der Waals surface area (Å²) in [6, 6.07) is 9.94. The molecule has 2 rings (SSSR count). The van der Waals surface area contributed by atoms with Crippen LogP contribution in [-0.2, 0) is 12.8 Å². The van der Waals surface area contributed by atoms with Gasteiger partial charge in [-0.05, 0) is 85.0 Å². The molecule has 0 bridgehead atoms. The lowest BCUT2D eigenvalue weighted by Gasteiger charge is -2.16. The van der Waals surface area contributed by atoms with Gasteiger partial charge in [0.2, 0.25) is 0 Å². The van der Waals surface area contributed by atoms with Crippen LogP contribution in [0.2, 0.25) is 0 Å². The van der Waals surface area contributed by atoms with E-state index in [1.54, 1.807) is 36.4 Å². The summed E-state index contributed by atoms with van der Waals surface area (Å²) in [5, 5.41) is 36.7. The highest BCUT2D eigenvalue weighted by atomic mass is 16.4. The first kappa shape index (κ1) is 21.6. The molecular weight excluding hydrogens is 360 g/mol. The van der Waals surface area contributed by atoms with Crippen LogP contribution >= 0.6 is 0 Å². The molecule has 0 unspecified atom stereocenters. The Morgan fingerprint density at radius 1 is 0.643 bits per heavy atom. The summed E-state index contributed by atoms with van der Waals surface area (Å²) in [4.78, 5) is 22.7. The quantitative estimate of drug-likeness (QED) is 0.440. The van der Waals surface area contributed by atoms with Gasteiger partial charge in [0.25, 0.3) is 0 Å². The minimum Gasteiger partial charge on any atom is -0.478 e. The first-order chi connectivity index (χ1) is 13.5. The molecular formula is C22H26O6. The van der Waals surface area contributed by atoms with Gasteiger partial charge in [-0.1, -0.05) is 12.1 Å². The van der Waals surface area contributed by atoms with Crippen LogP contribution in [0.1, 0.15) is 57.5 Å². The lowest BCUT2D eigenvalue weighted by molar-refractivity contribution is 0.0686. The van der Waals surface area contributed by atoms with Gasteiger partial charge >= 0.3 is 11.9 Å². The summed E-state index contributed by atoms with van der Waals surface area (Å²) in [6.07, 6.45) is 3.93. The van der Waals surface area contributed by atoms with Crippen molar-refractivity contribution in [2.45, 2.75) is 38.5 Å². The van der Waals surface area contributed by atoms with Crippen molar-refractivity contribution >= 4 is 11.9 Å². The van der Waals surface area contributed by atoms with Crippen LogP contribution in [0, 0.1) is 0 Å². The van der Waals surface area contributed by atoms with Gasteiger partial charge in [-0.3, -0.25) is 0 Å². The molecule has 2 aromatic carbocycles. The third-order valence-electron chi connectivity index (χ3n) is 4.70. The van der Waals surface area contributed by atoms with E-state index in [9.17, 15) is 19.8 Å². The Labute approximate surface area is 164 Å².